The van der Waals surface area contributed by atoms with Crippen molar-refractivity contribution in [2.45, 2.75) is 95.2 Å². The van der Waals surface area contributed by atoms with Crippen molar-refractivity contribution in [2.75, 3.05) is 6.61 Å². The third-order valence-electron chi connectivity index (χ3n) is 5.55. The van der Waals surface area contributed by atoms with Crippen LogP contribution in [0, 0.1) is 0 Å². The summed E-state index contributed by atoms with van der Waals surface area (Å²) >= 11 is 0. The van der Waals surface area contributed by atoms with Gasteiger partial charge in [-0.25, -0.2) is 0 Å². The molecular weight excluding hydrogens is 344 g/mol. The molecule has 2 rings (SSSR count). The molecule has 0 radical (unpaired) electrons. The van der Waals surface area contributed by atoms with Gasteiger partial charge in [0, 0.05) is 0 Å². The van der Waals surface area contributed by atoms with Crippen molar-refractivity contribution in [1.82, 2.24) is 0 Å². The molecule has 5 nitrogen and oxygen atoms in total. The zero-order chi connectivity index (χ0) is 19.6. The molecule has 1 heterocycles. The fraction of sp³-hybridized carbons (Fsp3) is 0.727. The molecule has 1 unspecified atom stereocenters. The molecule has 1 saturated heterocycles. The lowest BCUT2D eigenvalue weighted by molar-refractivity contribution is -0.231. The first-order valence-electron chi connectivity index (χ1n) is 10.5. The Labute approximate surface area is 163 Å². The number of rotatable bonds is 11. The number of aliphatic hydroxyl groups excluding tert-OH is 4. The van der Waals surface area contributed by atoms with Gasteiger partial charge in [-0.3, -0.25) is 0 Å². The first kappa shape index (κ1) is 22.3. The third-order valence-corrected chi connectivity index (χ3v) is 5.55. The van der Waals surface area contributed by atoms with E-state index in [0.29, 0.717) is 0 Å². The van der Waals surface area contributed by atoms with Crippen molar-refractivity contribution in [3.05, 3.63) is 35.4 Å². The van der Waals surface area contributed by atoms with E-state index in [-0.39, 0.29) is 0 Å². The Balaban J connectivity index is 1.91. The highest BCUT2D eigenvalue weighted by molar-refractivity contribution is 5.31. The van der Waals surface area contributed by atoms with Crippen LogP contribution in [-0.2, 0) is 11.2 Å². The van der Waals surface area contributed by atoms with Gasteiger partial charge in [-0.1, -0.05) is 76.1 Å². The lowest BCUT2D eigenvalue weighted by atomic mass is 9.88. The smallest absolute Gasteiger partial charge is 0.113 e. The van der Waals surface area contributed by atoms with Gasteiger partial charge in [-0.15, -0.1) is 0 Å². The molecule has 154 valence electrons. The van der Waals surface area contributed by atoms with Gasteiger partial charge in [0.05, 0.1) is 6.61 Å². The number of hydrogen-bond donors (Lipinski definition) is 4. The van der Waals surface area contributed by atoms with Crippen LogP contribution in [0.2, 0.25) is 0 Å². The molecule has 4 N–H and O–H groups in total. The summed E-state index contributed by atoms with van der Waals surface area (Å²) in [6.45, 7) is 1.83. The maximum Gasteiger partial charge on any atom is 0.113 e. The van der Waals surface area contributed by atoms with Crippen LogP contribution in [0.25, 0.3) is 0 Å². The van der Waals surface area contributed by atoms with Gasteiger partial charge in [0.25, 0.3) is 0 Å². The maximum atomic E-state index is 10.4. The second-order valence-electron chi connectivity index (χ2n) is 7.67. The van der Waals surface area contributed by atoms with Crippen LogP contribution in [0.15, 0.2) is 24.3 Å². The summed E-state index contributed by atoms with van der Waals surface area (Å²) < 4.78 is 5.73. The molecule has 5 atom stereocenters. The lowest BCUT2D eigenvalue weighted by Gasteiger charge is -2.40. The number of aryl methyl sites for hydroxylation is 1. The van der Waals surface area contributed by atoms with Crippen LogP contribution >= 0.6 is 0 Å². The van der Waals surface area contributed by atoms with Crippen LogP contribution in [0.1, 0.15) is 75.5 Å². The van der Waals surface area contributed by atoms with Crippen molar-refractivity contribution < 1.29 is 25.2 Å². The van der Waals surface area contributed by atoms with E-state index in [4.69, 9.17) is 4.74 Å². The molecule has 1 aromatic carbocycles. The number of unbranched alkanes of at least 4 members (excludes halogenated alkanes) is 7. The van der Waals surface area contributed by atoms with Gasteiger partial charge >= 0.3 is 0 Å². The van der Waals surface area contributed by atoms with Gasteiger partial charge in [0.15, 0.2) is 0 Å². The van der Waals surface area contributed by atoms with Crippen molar-refractivity contribution >= 4 is 0 Å². The van der Waals surface area contributed by atoms with Crippen molar-refractivity contribution in [3.8, 4) is 0 Å². The zero-order valence-corrected chi connectivity index (χ0v) is 16.5. The van der Waals surface area contributed by atoms with E-state index in [1.165, 1.54) is 44.9 Å². The Kier molecular flexibility index (Phi) is 9.73. The Hall–Kier alpha value is -0.980. The monoisotopic (exact) mass is 380 g/mol. The number of aliphatic hydroxyl groups is 4. The number of hydrogen-bond acceptors (Lipinski definition) is 5. The van der Waals surface area contributed by atoms with Crippen LogP contribution < -0.4 is 0 Å². The van der Waals surface area contributed by atoms with Crippen LogP contribution in [0.4, 0.5) is 0 Å². The predicted molar refractivity (Wildman–Crippen MR) is 105 cm³/mol. The summed E-state index contributed by atoms with van der Waals surface area (Å²) in [6.07, 6.45) is 5.42. The Morgan fingerprint density at radius 2 is 1.44 bits per heavy atom. The highest BCUT2D eigenvalue weighted by atomic mass is 16.5. The molecule has 0 spiro atoms. The first-order valence-corrected chi connectivity index (χ1v) is 10.5. The van der Waals surface area contributed by atoms with Gasteiger partial charge < -0.3 is 25.2 Å². The van der Waals surface area contributed by atoms with Gasteiger partial charge in [-0.05, 0) is 24.0 Å². The molecule has 5 heteroatoms. The van der Waals surface area contributed by atoms with Crippen molar-refractivity contribution in [3.63, 3.8) is 0 Å². The standard InChI is InChI=1S/C22H36O5/c1-2-3-4-5-6-7-8-9-12-16-13-10-11-14-17(16)22-21(26)20(25)19(24)18(15-23)27-22/h10-11,13-14,18-26H,2-9,12,15H2,1H3/t18-,19+,20+,21-,22?/m1/s1. The fourth-order valence-corrected chi connectivity index (χ4v) is 3.85. The highest BCUT2D eigenvalue weighted by Crippen LogP contribution is 2.34. The van der Waals surface area contributed by atoms with E-state index in [1.807, 2.05) is 24.3 Å². The summed E-state index contributed by atoms with van der Waals surface area (Å²) in [4.78, 5) is 0. The molecule has 1 aliphatic rings. The normalized spacial score (nSPS) is 28.4. The minimum atomic E-state index is -1.34. The lowest BCUT2D eigenvalue weighted by Crippen LogP contribution is -2.55. The van der Waals surface area contributed by atoms with Crippen LogP contribution in [0.5, 0.6) is 0 Å². The predicted octanol–water partition coefficient (Wildman–Crippen LogP) is 2.88. The van der Waals surface area contributed by atoms with E-state index >= 15 is 0 Å². The maximum absolute atomic E-state index is 10.4. The van der Waals surface area contributed by atoms with Gasteiger partial charge in [-0.2, -0.15) is 0 Å². The van der Waals surface area contributed by atoms with Gasteiger partial charge in [0.2, 0.25) is 0 Å². The molecule has 0 amide bonds. The molecule has 1 aliphatic heterocycles. The quantitative estimate of drug-likeness (QED) is 0.443. The minimum Gasteiger partial charge on any atom is -0.394 e. The Bertz CT molecular complexity index is 533. The average Bonchev–Trinajstić information content (AvgIpc) is 2.69. The number of benzene rings is 1. The van der Waals surface area contributed by atoms with E-state index in [1.54, 1.807) is 0 Å². The van der Waals surface area contributed by atoms with Crippen LogP contribution in [-0.4, -0.2) is 51.4 Å². The third kappa shape index (κ3) is 6.26. The van der Waals surface area contributed by atoms with Crippen molar-refractivity contribution in [1.29, 1.82) is 0 Å². The minimum absolute atomic E-state index is 0.401. The fourth-order valence-electron chi connectivity index (χ4n) is 3.85. The van der Waals surface area contributed by atoms with E-state index in [0.717, 1.165) is 24.0 Å². The Morgan fingerprint density at radius 1 is 0.815 bits per heavy atom. The van der Waals surface area contributed by atoms with E-state index in [9.17, 15) is 20.4 Å². The molecule has 0 aromatic heterocycles. The molecule has 1 aromatic rings. The van der Waals surface area contributed by atoms with Crippen LogP contribution in [0.3, 0.4) is 0 Å². The molecule has 27 heavy (non-hydrogen) atoms. The molecule has 0 aliphatic carbocycles. The van der Waals surface area contributed by atoms with Gasteiger partial charge in [0.1, 0.15) is 30.5 Å². The Morgan fingerprint density at radius 3 is 2.11 bits per heavy atom. The topological polar surface area (TPSA) is 90.2 Å². The highest BCUT2D eigenvalue weighted by Gasteiger charge is 2.44. The van der Waals surface area contributed by atoms with E-state index in [2.05, 4.69) is 6.92 Å². The summed E-state index contributed by atoms with van der Waals surface area (Å²) in [7, 11) is 0. The summed E-state index contributed by atoms with van der Waals surface area (Å²) in [5, 5.41) is 39.8. The molecular formula is C22H36O5. The zero-order valence-electron chi connectivity index (χ0n) is 16.5. The molecule has 1 fully saturated rings. The molecule has 0 saturated carbocycles. The van der Waals surface area contributed by atoms with Crippen molar-refractivity contribution in [2.24, 2.45) is 0 Å². The second kappa shape index (κ2) is 11.8. The SMILES string of the molecule is CCCCCCCCCCc1ccccc1C1O[C@H](CO)[C@H](O)[C@H](O)[C@H]1O. The van der Waals surface area contributed by atoms with E-state index < -0.39 is 37.1 Å². The number of ether oxygens (including phenoxy) is 1. The summed E-state index contributed by atoms with van der Waals surface area (Å²) in [5.74, 6) is 0. The summed E-state index contributed by atoms with van der Waals surface area (Å²) in [5.41, 5.74) is 1.92. The second-order valence-corrected chi connectivity index (χ2v) is 7.67. The summed E-state index contributed by atoms with van der Waals surface area (Å²) in [6, 6.07) is 7.77. The largest absolute Gasteiger partial charge is 0.394 e. The molecule has 0 bridgehead atoms. The first-order chi connectivity index (χ1) is 13.1. The average molecular weight is 381 g/mol.